The number of oxazole rings is 1. The monoisotopic (exact) mass is 556 g/mol. The molecule has 0 radical (unpaired) electrons. The Morgan fingerprint density at radius 2 is 1.92 bits per heavy atom. The van der Waals surface area contributed by atoms with Crippen LogP contribution in [0.15, 0.2) is 10.7 Å². The molecule has 1 aromatic heterocycles. The minimum absolute atomic E-state index is 0.0172. The van der Waals surface area contributed by atoms with Crippen molar-refractivity contribution in [1.82, 2.24) is 20.5 Å². The SMILES string of the molecule is CC(C)(C)OC(=O)N1CCC(NC(O)C2C(C(=O)NCc3nc(C(C)(F)F)co3)C3CCC2C32CC2)C(F)C1. The van der Waals surface area contributed by atoms with Crippen molar-refractivity contribution in [2.45, 2.75) is 96.3 Å². The normalized spacial score (nSPS) is 32.4. The van der Waals surface area contributed by atoms with Gasteiger partial charge in [0.1, 0.15) is 30.0 Å². The maximum absolute atomic E-state index is 15.2. The van der Waals surface area contributed by atoms with Gasteiger partial charge in [0.15, 0.2) is 0 Å². The zero-order valence-electron chi connectivity index (χ0n) is 22.9. The Labute approximate surface area is 226 Å². The van der Waals surface area contributed by atoms with Crippen LogP contribution in [0.4, 0.5) is 18.0 Å². The van der Waals surface area contributed by atoms with Crippen molar-refractivity contribution in [2.24, 2.45) is 29.1 Å². The van der Waals surface area contributed by atoms with Crippen molar-refractivity contribution < 1.29 is 37.0 Å². The van der Waals surface area contributed by atoms with E-state index in [1.807, 2.05) is 0 Å². The lowest BCUT2D eigenvalue weighted by atomic mass is 9.77. The molecule has 5 rings (SSSR count). The number of aliphatic hydroxyl groups is 1. The standard InChI is InChI=1S/C27H39F3N4O5/c1-25(2,3)39-24(37)34-10-7-17(16(28)12-34)32-23(36)21-15-6-5-14(27(15)8-9-27)20(21)22(35)31-11-19-33-18(13-38-19)26(4,29)30/h13-17,20-21,23,32,36H,5-12H2,1-4H3,(H,31,35). The maximum Gasteiger partial charge on any atom is 0.410 e. The fraction of sp³-hybridized carbons (Fsp3) is 0.815. The lowest BCUT2D eigenvalue weighted by Crippen LogP contribution is -2.58. The van der Waals surface area contributed by atoms with Gasteiger partial charge in [-0.05, 0) is 70.1 Å². The summed E-state index contributed by atoms with van der Waals surface area (Å²) in [6.45, 7) is 5.99. The van der Waals surface area contributed by atoms with Crippen LogP contribution in [0.2, 0.25) is 0 Å². The fourth-order valence-electron chi connectivity index (χ4n) is 7.29. The highest BCUT2D eigenvalue weighted by Crippen LogP contribution is 2.74. The molecular formula is C27H39F3N4O5. The fourth-order valence-corrected chi connectivity index (χ4v) is 7.29. The first-order valence-corrected chi connectivity index (χ1v) is 13.9. The van der Waals surface area contributed by atoms with Crippen LogP contribution in [0.25, 0.3) is 0 Å². The summed E-state index contributed by atoms with van der Waals surface area (Å²) in [6, 6.07) is -0.668. The van der Waals surface area contributed by atoms with Crippen molar-refractivity contribution in [3.63, 3.8) is 0 Å². The average Bonchev–Trinajstić information content (AvgIpc) is 3.22. The summed E-state index contributed by atoms with van der Waals surface area (Å²) in [7, 11) is 0. The van der Waals surface area contributed by atoms with Gasteiger partial charge in [0.25, 0.3) is 5.92 Å². The Morgan fingerprint density at radius 3 is 2.51 bits per heavy atom. The number of hydrogen-bond donors (Lipinski definition) is 3. The van der Waals surface area contributed by atoms with Gasteiger partial charge < -0.3 is 24.5 Å². The average molecular weight is 557 g/mol. The van der Waals surface area contributed by atoms with Crippen LogP contribution in [0.1, 0.15) is 71.4 Å². The third kappa shape index (κ3) is 5.51. The Kier molecular flexibility index (Phi) is 7.18. The summed E-state index contributed by atoms with van der Waals surface area (Å²) in [5, 5.41) is 17.2. The number of amides is 2. The highest BCUT2D eigenvalue weighted by molar-refractivity contribution is 5.80. The second-order valence-corrected chi connectivity index (χ2v) is 12.8. The first kappa shape index (κ1) is 28.2. The minimum Gasteiger partial charge on any atom is -0.447 e. The number of carbonyl (C=O) groups is 2. The zero-order valence-corrected chi connectivity index (χ0v) is 22.9. The maximum atomic E-state index is 15.2. The van der Waals surface area contributed by atoms with E-state index < -0.39 is 53.6 Å². The number of alkyl halides is 3. The van der Waals surface area contributed by atoms with E-state index in [1.165, 1.54) is 4.90 Å². The summed E-state index contributed by atoms with van der Waals surface area (Å²) in [5.74, 6) is -4.08. The first-order valence-electron chi connectivity index (χ1n) is 13.9. The number of nitrogens with one attached hydrogen (secondary N) is 2. The Bertz CT molecular complexity index is 1080. The van der Waals surface area contributed by atoms with Crippen molar-refractivity contribution >= 4 is 12.0 Å². The van der Waals surface area contributed by atoms with E-state index in [0.29, 0.717) is 13.0 Å². The number of aromatic nitrogens is 1. The number of rotatable bonds is 7. The zero-order chi connectivity index (χ0) is 28.3. The number of nitrogens with zero attached hydrogens (tertiary/aromatic N) is 2. The summed E-state index contributed by atoms with van der Waals surface area (Å²) >= 11 is 0. The smallest absolute Gasteiger partial charge is 0.410 e. The molecule has 4 aliphatic rings. The van der Waals surface area contributed by atoms with Crippen LogP contribution < -0.4 is 10.6 Å². The molecule has 3 N–H and O–H groups in total. The predicted octanol–water partition coefficient (Wildman–Crippen LogP) is 3.71. The molecule has 39 heavy (non-hydrogen) atoms. The Hall–Kier alpha value is -2.34. The topological polar surface area (TPSA) is 117 Å². The molecule has 1 saturated heterocycles. The number of aliphatic hydroxyl groups excluding tert-OH is 1. The van der Waals surface area contributed by atoms with Crippen LogP contribution >= 0.6 is 0 Å². The van der Waals surface area contributed by atoms with Crippen molar-refractivity contribution in [1.29, 1.82) is 0 Å². The lowest BCUT2D eigenvalue weighted by Gasteiger charge is -2.39. The van der Waals surface area contributed by atoms with Gasteiger partial charge in [0.05, 0.1) is 13.1 Å². The largest absolute Gasteiger partial charge is 0.447 e. The van der Waals surface area contributed by atoms with Crippen molar-refractivity contribution in [3.05, 3.63) is 17.8 Å². The summed E-state index contributed by atoms with van der Waals surface area (Å²) < 4.78 is 52.6. The third-order valence-corrected chi connectivity index (χ3v) is 9.07. The Balaban J connectivity index is 1.22. The molecule has 9 nitrogen and oxygen atoms in total. The van der Waals surface area contributed by atoms with Crippen molar-refractivity contribution in [3.8, 4) is 0 Å². The molecule has 3 saturated carbocycles. The molecule has 12 heteroatoms. The van der Waals surface area contributed by atoms with E-state index in [9.17, 15) is 23.5 Å². The van der Waals surface area contributed by atoms with Gasteiger partial charge in [-0.3, -0.25) is 10.1 Å². The predicted molar refractivity (Wildman–Crippen MR) is 133 cm³/mol. The second-order valence-electron chi connectivity index (χ2n) is 12.8. The van der Waals surface area contributed by atoms with Crippen molar-refractivity contribution in [2.75, 3.05) is 13.1 Å². The first-order chi connectivity index (χ1) is 18.2. The molecule has 1 aromatic rings. The molecule has 3 aliphatic carbocycles. The molecule has 0 aromatic carbocycles. The molecule has 7 atom stereocenters. The molecule has 2 bridgehead atoms. The van der Waals surface area contributed by atoms with Gasteiger partial charge in [0, 0.05) is 31.3 Å². The quantitative estimate of drug-likeness (QED) is 0.439. The molecule has 4 fully saturated rings. The van der Waals surface area contributed by atoms with E-state index >= 15 is 4.39 Å². The minimum atomic E-state index is -3.15. The van der Waals surface area contributed by atoms with E-state index in [-0.39, 0.29) is 42.1 Å². The van der Waals surface area contributed by atoms with Gasteiger partial charge >= 0.3 is 6.09 Å². The van der Waals surface area contributed by atoms with Crippen LogP contribution in [-0.4, -0.2) is 64.1 Å². The number of hydrogen-bond acceptors (Lipinski definition) is 7. The highest BCUT2D eigenvalue weighted by Gasteiger charge is 2.71. The summed E-state index contributed by atoms with van der Waals surface area (Å²) in [6.07, 6.45) is 1.92. The molecule has 2 heterocycles. The van der Waals surface area contributed by atoms with Crippen LogP contribution in [-0.2, 0) is 22.0 Å². The molecule has 218 valence electrons. The molecular weight excluding hydrogens is 517 g/mol. The molecule has 1 spiro atoms. The summed E-state index contributed by atoms with van der Waals surface area (Å²) in [4.78, 5) is 30.9. The summed E-state index contributed by atoms with van der Waals surface area (Å²) in [5.41, 5.74) is -1.15. The van der Waals surface area contributed by atoms with Crippen LogP contribution in [0.5, 0.6) is 0 Å². The lowest BCUT2D eigenvalue weighted by molar-refractivity contribution is -0.132. The van der Waals surface area contributed by atoms with Crippen LogP contribution in [0.3, 0.4) is 0 Å². The number of piperidine rings is 1. The Morgan fingerprint density at radius 1 is 1.23 bits per heavy atom. The van der Waals surface area contributed by atoms with Crippen LogP contribution in [0, 0.1) is 29.1 Å². The van der Waals surface area contributed by atoms with E-state index in [4.69, 9.17) is 9.15 Å². The molecule has 1 aliphatic heterocycles. The van der Waals surface area contributed by atoms with E-state index in [0.717, 1.165) is 38.9 Å². The number of ether oxygens (including phenoxy) is 1. The van der Waals surface area contributed by atoms with Gasteiger partial charge in [0.2, 0.25) is 11.8 Å². The van der Waals surface area contributed by atoms with E-state index in [1.54, 1.807) is 20.8 Å². The number of likely N-dealkylation sites (tertiary alicyclic amines) is 1. The van der Waals surface area contributed by atoms with Gasteiger partial charge in [-0.15, -0.1) is 0 Å². The highest BCUT2D eigenvalue weighted by atomic mass is 19.3. The van der Waals surface area contributed by atoms with Gasteiger partial charge in [-0.2, -0.15) is 8.78 Å². The number of carbonyl (C=O) groups excluding carboxylic acids is 2. The third-order valence-electron chi connectivity index (χ3n) is 9.07. The van der Waals surface area contributed by atoms with E-state index in [2.05, 4.69) is 15.6 Å². The second kappa shape index (κ2) is 9.94. The molecule has 7 unspecified atom stereocenters. The van der Waals surface area contributed by atoms with Gasteiger partial charge in [-0.25, -0.2) is 14.2 Å². The molecule has 2 amide bonds. The number of halogens is 3. The van der Waals surface area contributed by atoms with Gasteiger partial charge in [-0.1, -0.05) is 0 Å².